The van der Waals surface area contributed by atoms with Crippen molar-refractivity contribution in [2.45, 2.75) is 6.54 Å². The van der Waals surface area contributed by atoms with E-state index in [2.05, 4.69) is 15.4 Å². The van der Waals surface area contributed by atoms with Crippen LogP contribution in [0.5, 0.6) is 0 Å². The Kier molecular flexibility index (Phi) is 4.90. The van der Waals surface area contributed by atoms with Gasteiger partial charge in [0.2, 0.25) is 0 Å². The Bertz CT molecular complexity index is 1070. The van der Waals surface area contributed by atoms with Crippen molar-refractivity contribution in [1.82, 2.24) is 30.1 Å². The molecule has 8 heteroatoms. The number of hydrogen-bond acceptors (Lipinski definition) is 4. The van der Waals surface area contributed by atoms with Crippen LogP contribution in [-0.2, 0) is 6.54 Å². The molecule has 0 aliphatic heterocycles. The van der Waals surface area contributed by atoms with E-state index in [9.17, 15) is 4.79 Å². The number of halogens is 1. The van der Waals surface area contributed by atoms with Gasteiger partial charge in [-0.3, -0.25) is 4.79 Å². The van der Waals surface area contributed by atoms with Crippen LogP contribution in [0.4, 0.5) is 0 Å². The number of hydrogen-bond donors (Lipinski definition) is 1. The molecule has 0 aliphatic carbocycles. The summed E-state index contributed by atoms with van der Waals surface area (Å²) in [5.74, 6) is -0.219. The number of nitrogens with one attached hydrogen (secondary N) is 1. The van der Waals surface area contributed by atoms with Gasteiger partial charge < -0.3 is 4.90 Å². The minimum atomic E-state index is -0.219. The van der Waals surface area contributed by atoms with Gasteiger partial charge in [-0.1, -0.05) is 41.9 Å². The summed E-state index contributed by atoms with van der Waals surface area (Å²) < 4.78 is 1.81. The molecule has 0 radical (unpaired) electrons. The van der Waals surface area contributed by atoms with Crippen molar-refractivity contribution >= 4 is 17.5 Å². The molecule has 0 bridgehead atoms. The molecule has 0 atom stereocenters. The second-order valence-electron chi connectivity index (χ2n) is 6.31. The molecule has 1 amide bonds. The fraction of sp³-hybridized carbons (Fsp3) is 0.100. The van der Waals surface area contributed by atoms with Crippen LogP contribution in [-0.4, -0.2) is 43.0 Å². The Balaban J connectivity index is 1.71. The lowest BCUT2D eigenvalue weighted by Gasteiger charge is -2.15. The van der Waals surface area contributed by atoms with Gasteiger partial charge in [-0.25, -0.2) is 4.68 Å². The number of carbonyl (C=O) groups is 1. The van der Waals surface area contributed by atoms with Crippen LogP contribution >= 0.6 is 11.6 Å². The van der Waals surface area contributed by atoms with Gasteiger partial charge >= 0.3 is 0 Å². The van der Waals surface area contributed by atoms with E-state index in [1.165, 1.54) is 6.20 Å². The largest absolute Gasteiger partial charge is 0.336 e. The van der Waals surface area contributed by atoms with Gasteiger partial charge in [0.05, 0.1) is 17.6 Å². The molecule has 140 valence electrons. The average Bonchev–Trinajstić information content (AvgIpc) is 3.39. The van der Waals surface area contributed by atoms with E-state index in [0.29, 0.717) is 11.6 Å². The molecule has 2 heterocycles. The van der Waals surface area contributed by atoms with Gasteiger partial charge in [-0.2, -0.15) is 20.5 Å². The monoisotopic (exact) mass is 392 g/mol. The maximum atomic E-state index is 12.5. The second kappa shape index (κ2) is 7.66. The van der Waals surface area contributed by atoms with Crippen LogP contribution in [0.1, 0.15) is 16.1 Å². The third-order valence-corrected chi connectivity index (χ3v) is 4.57. The molecular formula is C20H17ClN6O. The first-order valence-corrected chi connectivity index (χ1v) is 9.01. The van der Waals surface area contributed by atoms with Crippen molar-refractivity contribution in [1.29, 1.82) is 0 Å². The van der Waals surface area contributed by atoms with Crippen LogP contribution < -0.4 is 0 Å². The number of rotatable bonds is 5. The average molecular weight is 393 g/mol. The molecule has 2 aromatic heterocycles. The van der Waals surface area contributed by atoms with E-state index in [1.807, 2.05) is 65.5 Å². The van der Waals surface area contributed by atoms with Crippen LogP contribution in [0, 0.1) is 0 Å². The van der Waals surface area contributed by atoms with Crippen LogP contribution in [0.3, 0.4) is 0 Å². The smallest absolute Gasteiger partial charge is 0.276 e. The van der Waals surface area contributed by atoms with E-state index >= 15 is 0 Å². The lowest BCUT2D eigenvalue weighted by molar-refractivity contribution is 0.0779. The standard InChI is InChI=1S/C20H17ClN6O/c1-26(20(28)18-11-22-25-23-18)12-15-13-27(17-5-3-2-4-6-17)24-19(15)14-7-9-16(21)10-8-14/h2-11,13H,12H2,1H3,(H,22,23,25). The third kappa shape index (κ3) is 3.65. The topological polar surface area (TPSA) is 79.7 Å². The van der Waals surface area contributed by atoms with Crippen molar-refractivity contribution in [2.75, 3.05) is 7.05 Å². The highest BCUT2D eigenvalue weighted by atomic mass is 35.5. The first-order valence-electron chi connectivity index (χ1n) is 8.63. The van der Waals surface area contributed by atoms with E-state index in [-0.39, 0.29) is 11.6 Å². The first kappa shape index (κ1) is 17.9. The van der Waals surface area contributed by atoms with Crippen LogP contribution in [0.15, 0.2) is 67.0 Å². The van der Waals surface area contributed by atoms with E-state index in [4.69, 9.17) is 16.7 Å². The van der Waals surface area contributed by atoms with Gasteiger partial charge in [-0.05, 0) is 24.3 Å². The molecular weight excluding hydrogens is 376 g/mol. The lowest BCUT2D eigenvalue weighted by atomic mass is 10.1. The van der Waals surface area contributed by atoms with E-state index in [1.54, 1.807) is 11.9 Å². The molecule has 28 heavy (non-hydrogen) atoms. The summed E-state index contributed by atoms with van der Waals surface area (Å²) in [6.07, 6.45) is 3.35. The maximum absolute atomic E-state index is 12.5. The van der Waals surface area contributed by atoms with Crippen molar-refractivity contribution in [2.24, 2.45) is 0 Å². The summed E-state index contributed by atoms with van der Waals surface area (Å²) in [7, 11) is 1.72. The quantitative estimate of drug-likeness (QED) is 0.563. The number of benzene rings is 2. The number of amides is 1. The minimum Gasteiger partial charge on any atom is -0.336 e. The molecule has 0 saturated heterocycles. The van der Waals surface area contributed by atoms with Crippen LogP contribution in [0.25, 0.3) is 16.9 Å². The van der Waals surface area contributed by atoms with E-state index in [0.717, 1.165) is 22.5 Å². The van der Waals surface area contributed by atoms with Crippen molar-refractivity contribution in [3.8, 4) is 16.9 Å². The number of aromatic nitrogens is 5. The normalized spacial score (nSPS) is 10.8. The van der Waals surface area contributed by atoms with Gasteiger partial charge in [0.15, 0.2) is 5.69 Å². The number of nitrogens with zero attached hydrogens (tertiary/aromatic N) is 5. The Morgan fingerprint density at radius 2 is 1.89 bits per heavy atom. The molecule has 0 fully saturated rings. The molecule has 7 nitrogen and oxygen atoms in total. The molecule has 4 rings (SSSR count). The highest BCUT2D eigenvalue weighted by Crippen LogP contribution is 2.26. The Hall–Kier alpha value is -3.45. The summed E-state index contributed by atoms with van der Waals surface area (Å²) >= 11 is 6.03. The van der Waals surface area contributed by atoms with Gasteiger partial charge in [0.1, 0.15) is 0 Å². The van der Waals surface area contributed by atoms with Crippen LogP contribution in [0.2, 0.25) is 5.02 Å². The predicted octanol–water partition coefficient (Wildman–Crippen LogP) is 3.58. The number of aromatic amines is 1. The molecule has 1 N–H and O–H groups in total. The minimum absolute atomic E-state index is 0.219. The fourth-order valence-electron chi connectivity index (χ4n) is 2.92. The number of H-pyrrole nitrogens is 1. The highest BCUT2D eigenvalue weighted by Gasteiger charge is 2.19. The summed E-state index contributed by atoms with van der Waals surface area (Å²) in [4.78, 5) is 14.1. The third-order valence-electron chi connectivity index (χ3n) is 4.32. The highest BCUT2D eigenvalue weighted by molar-refractivity contribution is 6.30. The summed E-state index contributed by atoms with van der Waals surface area (Å²) in [5, 5.41) is 15.4. The zero-order chi connectivity index (χ0) is 19.5. The van der Waals surface area contributed by atoms with Gasteiger partial charge in [0, 0.05) is 35.9 Å². The Labute approximate surface area is 166 Å². The zero-order valence-corrected chi connectivity index (χ0v) is 15.8. The summed E-state index contributed by atoms with van der Waals surface area (Å²) in [6, 6.07) is 17.3. The van der Waals surface area contributed by atoms with Crippen molar-refractivity contribution < 1.29 is 4.79 Å². The first-order chi connectivity index (χ1) is 13.6. The zero-order valence-electron chi connectivity index (χ0n) is 15.1. The number of para-hydroxylation sites is 1. The number of carbonyl (C=O) groups excluding carboxylic acids is 1. The fourth-order valence-corrected chi connectivity index (χ4v) is 3.04. The lowest BCUT2D eigenvalue weighted by Crippen LogP contribution is -2.26. The van der Waals surface area contributed by atoms with Crippen molar-refractivity contribution in [3.63, 3.8) is 0 Å². The van der Waals surface area contributed by atoms with E-state index < -0.39 is 0 Å². The molecule has 0 aliphatic rings. The van der Waals surface area contributed by atoms with Gasteiger partial charge in [-0.15, -0.1) is 0 Å². The maximum Gasteiger partial charge on any atom is 0.276 e. The molecule has 2 aromatic carbocycles. The Morgan fingerprint density at radius 3 is 2.57 bits per heavy atom. The molecule has 0 unspecified atom stereocenters. The SMILES string of the molecule is CN(Cc1cn(-c2ccccc2)nc1-c1ccc(Cl)cc1)C(=O)c1cn[nH]n1. The molecule has 0 spiro atoms. The summed E-state index contributed by atoms with van der Waals surface area (Å²) in [6.45, 7) is 0.372. The summed E-state index contributed by atoms with van der Waals surface area (Å²) in [5.41, 5.74) is 3.84. The van der Waals surface area contributed by atoms with Gasteiger partial charge in [0.25, 0.3) is 5.91 Å². The second-order valence-corrected chi connectivity index (χ2v) is 6.74. The predicted molar refractivity (Wildman–Crippen MR) is 106 cm³/mol. The Morgan fingerprint density at radius 1 is 1.14 bits per heavy atom. The van der Waals surface area contributed by atoms with Crippen molar-refractivity contribution in [3.05, 3.63) is 83.3 Å². The molecule has 4 aromatic rings. The molecule has 0 saturated carbocycles.